The van der Waals surface area contributed by atoms with Gasteiger partial charge in [-0.3, -0.25) is 9.98 Å². The minimum atomic E-state index is -0.981. The normalized spacial score (nSPS) is 11.9. The van der Waals surface area contributed by atoms with Gasteiger partial charge in [-0.15, -0.1) is 0 Å². The van der Waals surface area contributed by atoms with Crippen LogP contribution < -0.4 is 11.5 Å². The van der Waals surface area contributed by atoms with Gasteiger partial charge in [0.2, 0.25) is 0 Å². The summed E-state index contributed by atoms with van der Waals surface area (Å²) in [5.74, 6) is -1.11. The number of azo groups is 1. The van der Waals surface area contributed by atoms with Gasteiger partial charge in [0.25, 0.3) is 0 Å². The summed E-state index contributed by atoms with van der Waals surface area (Å²) in [4.78, 5) is 27.4. The van der Waals surface area contributed by atoms with Crippen molar-refractivity contribution in [1.29, 1.82) is 0 Å². The van der Waals surface area contributed by atoms with E-state index in [2.05, 4.69) is 33.4 Å². The number of amidine groups is 2. The zero-order chi connectivity index (χ0) is 29.2. The number of hydrogen-bond acceptors (Lipinski definition) is 6. The van der Waals surface area contributed by atoms with E-state index < -0.39 is 23.0 Å². The maximum Gasteiger partial charge on any atom is 0.327 e. The molecule has 0 saturated carbocycles. The van der Waals surface area contributed by atoms with Crippen molar-refractivity contribution in [3.05, 3.63) is 97.1 Å². The smallest absolute Gasteiger partial charge is 0.327 e. The molecule has 0 atom stereocenters. The summed E-state index contributed by atoms with van der Waals surface area (Å²) in [5, 5.41) is 24.1. The maximum atomic E-state index is 9.25. The van der Waals surface area contributed by atoms with Crippen LogP contribution in [0.3, 0.4) is 0 Å². The summed E-state index contributed by atoms with van der Waals surface area (Å²) in [6, 6.07) is 19.9. The van der Waals surface area contributed by atoms with Crippen LogP contribution in [0.25, 0.3) is 0 Å². The molecule has 0 spiro atoms. The number of aliphatic carboxylic acids is 2. The Kier molecular flexibility index (Phi) is 14.9. The van der Waals surface area contributed by atoms with E-state index in [9.17, 15) is 9.59 Å². The van der Waals surface area contributed by atoms with Crippen molar-refractivity contribution in [1.82, 2.24) is 0 Å². The highest BCUT2D eigenvalue weighted by Gasteiger charge is 2.27. The Hall–Kier alpha value is -4.60. The van der Waals surface area contributed by atoms with Gasteiger partial charge in [-0.05, 0) is 38.8 Å². The monoisotopic (exact) mass is 522 g/mol. The first-order valence-corrected chi connectivity index (χ1v) is 11.6. The second kappa shape index (κ2) is 17.0. The Balaban J connectivity index is 0.00000116. The third-order valence-corrected chi connectivity index (χ3v) is 4.70. The molecule has 10 nitrogen and oxygen atoms in total. The van der Waals surface area contributed by atoms with E-state index in [0.29, 0.717) is 24.8 Å². The predicted octanol–water partition coefficient (Wildman–Crippen LogP) is 4.62. The average molecular weight is 523 g/mol. The van der Waals surface area contributed by atoms with Gasteiger partial charge in [0, 0.05) is 12.2 Å². The lowest BCUT2D eigenvalue weighted by atomic mass is 10.0. The molecule has 0 amide bonds. The van der Waals surface area contributed by atoms with Crippen LogP contribution in [0.5, 0.6) is 0 Å². The third kappa shape index (κ3) is 14.7. The van der Waals surface area contributed by atoms with E-state index in [0.717, 1.165) is 23.3 Å². The van der Waals surface area contributed by atoms with Crippen molar-refractivity contribution in [2.24, 2.45) is 31.7 Å². The van der Waals surface area contributed by atoms with Crippen LogP contribution in [0, 0.1) is 0 Å². The highest BCUT2D eigenvalue weighted by Crippen LogP contribution is 2.17. The van der Waals surface area contributed by atoms with Crippen LogP contribution >= 0.6 is 0 Å². The van der Waals surface area contributed by atoms with Crippen molar-refractivity contribution in [3.63, 3.8) is 0 Å². The van der Waals surface area contributed by atoms with Gasteiger partial charge in [-0.2, -0.15) is 10.2 Å². The summed E-state index contributed by atoms with van der Waals surface area (Å²) in [6.45, 7) is 14.5. The van der Waals surface area contributed by atoms with Gasteiger partial charge in [-0.1, -0.05) is 73.8 Å². The first kappa shape index (κ1) is 33.4. The summed E-state index contributed by atoms with van der Waals surface area (Å²) in [7, 11) is 0. The van der Waals surface area contributed by atoms with Crippen molar-refractivity contribution >= 4 is 23.6 Å². The fourth-order valence-electron chi connectivity index (χ4n) is 2.26. The molecule has 0 aromatic heterocycles. The molecule has 0 heterocycles. The van der Waals surface area contributed by atoms with E-state index in [1.54, 1.807) is 0 Å². The number of nitrogens with zero attached hydrogens (tertiary/aromatic N) is 4. The first-order valence-electron chi connectivity index (χ1n) is 11.6. The molecule has 0 unspecified atom stereocenters. The Labute approximate surface area is 224 Å². The molecule has 0 bridgehead atoms. The van der Waals surface area contributed by atoms with E-state index in [1.807, 2.05) is 88.4 Å². The van der Waals surface area contributed by atoms with Crippen molar-refractivity contribution in [3.8, 4) is 0 Å². The predicted molar refractivity (Wildman–Crippen MR) is 152 cm³/mol. The number of benzene rings is 2. The molecule has 6 N–H and O–H groups in total. The van der Waals surface area contributed by atoms with Crippen LogP contribution in [-0.2, 0) is 22.7 Å². The average Bonchev–Trinajstić information content (AvgIpc) is 2.91. The number of carboxylic acids is 2. The van der Waals surface area contributed by atoms with Gasteiger partial charge in [0.05, 0.1) is 13.1 Å². The summed E-state index contributed by atoms with van der Waals surface area (Å²) < 4.78 is 0. The molecular weight excluding hydrogens is 484 g/mol. The maximum absolute atomic E-state index is 9.25. The van der Waals surface area contributed by atoms with Gasteiger partial charge in [-0.25, -0.2) is 9.59 Å². The molecule has 0 fully saturated rings. The molecule has 204 valence electrons. The molecule has 2 aromatic carbocycles. The molecule has 0 aliphatic heterocycles. The molecule has 2 aromatic rings. The number of aliphatic imine (C=N–C) groups is 2. The van der Waals surface area contributed by atoms with E-state index in [-0.39, 0.29) is 0 Å². The number of nitrogens with two attached hydrogens (primary N) is 2. The van der Waals surface area contributed by atoms with Crippen LogP contribution in [-0.4, -0.2) is 44.9 Å². The van der Waals surface area contributed by atoms with E-state index >= 15 is 0 Å². The van der Waals surface area contributed by atoms with Crippen LogP contribution in [0.1, 0.15) is 38.8 Å². The molecule has 0 aliphatic rings. The highest BCUT2D eigenvalue weighted by atomic mass is 16.4. The summed E-state index contributed by atoms with van der Waals surface area (Å²) in [6.07, 6.45) is 1.67. The SMILES string of the molecule is C=CC(=O)O.C=CC(=O)O.CC(C)(N=NC(C)(C)C(N)=NCc1ccccc1)C(N)=NCc1ccccc1. The zero-order valence-electron chi connectivity index (χ0n) is 22.4. The third-order valence-electron chi connectivity index (χ3n) is 4.70. The van der Waals surface area contributed by atoms with Gasteiger partial charge in [0.15, 0.2) is 0 Å². The molecule has 38 heavy (non-hydrogen) atoms. The number of hydrogen-bond donors (Lipinski definition) is 4. The van der Waals surface area contributed by atoms with Gasteiger partial charge in [0.1, 0.15) is 22.7 Å². The summed E-state index contributed by atoms with van der Waals surface area (Å²) >= 11 is 0. The second-order valence-corrected chi connectivity index (χ2v) is 8.78. The molecule has 10 heteroatoms. The Bertz CT molecular complexity index is 1040. The van der Waals surface area contributed by atoms with E-state index in [4.69, 9.17) is 21.7 Å². The Morgan fingerprint density at radius 1 is 0.711 bits per heavy atom. The quantitative estimate of drug-likeness (QED) is 0.153. The van der Waals surface area contributed by atoms with Crippen molar-refractivity contribution in [2.75, 3.05) is 0 Å². The first-order chi connectivity index (χ1) is 17.7. The van der Waals surface area contributed by atoms with Crippen molar-refractivity contribution < 1.29 is 19.8 Å². The number of rotatable bonds is 10. The van der Waals surface area contributed by atoms with Crippen LogP contribution in [0.15, 0.2) is 106 Å². The minimum Gasteiger partial charge on any atom is -0.478 e. The highest BCUT2D eigenvalue weighted by molar-refractivity contribution is 5.90. The molecule has 0 saturated heterocycles. The number of carbonyl (C=O) groups is 2. The molecule has 0 aliphatic carbocycles. The molecule has 2 rings (SSSR count). The number of carboxylic acid groups (broad SMARTS) is 2. The lowest BCUT2D eigenvalue weighted by Crippen LogP contribution is -2.40. The van der Waals surface area contributed by atoms with Crippen molar-refractivity contribution in [2.45, 2.75) is 51.9 Å². The molecular formula is C28H38N6O4. The van der Waals surface area contributed by atoms with E-state index in [1.165, 1.54) is 0 Å². The summed E-state index contributed by atoms with van der Waals surface area (Å²) in [5.41, 5.74) is 13.1. The molecule has 0 radical (unpaired) electrons. The Morgan fingerprint density at radius 3 is 1.21 bits per heavy atom. The van der Waals surface area contributed by atoms with Crippen LogP contribution in [0.2, 0.25) is 0 Å². The fourth-order valence-corrected chi connectivity index (χ4v) is 2.26. The van der Waals surface area contributed by atoms with Crippen LogP contribution in [0.4, 0.5) is 0 Å². The minimum absolute atomic E-state index is 0.427. The Morgan fingerprint density at radius 2 is 0.974 bits per heavy atom. The second-order valence-electron chi connectivity index (χ2n) is 8.78. The standard InChI is InChI=1S/C22H30N6.2C3H4O2/c1-21(2,19(23)25-15-17-11-7-5-8-12-17)27-28-22(3,4)20(24)26-16-18-13-9-6-10-14-18;2*1-2-3(4)5/h5-14H,15-16H2,1-4H3,(H2,23,25)(H2,24,26);2*2H,1H2,(H,4,5). The van der Waals surface area contributed by atoms with Gasteiger partial charge >= 0.3 is 11.9 Å². The lowest BCUT2D eigenvalue weighted by molar-refractivity contribution is -0.132. The van der Waals surface area contributed by atoms with Gasteiger partial charge < -0.3 is 21.7 Å². The fraction of sp³-hybridized carbons (Fsp3) is 0.286. The zero-order valence-corrected chi connectivity index (χ0v) is 22.4. The topological polar surface area (TPSA) is 176 Å². The largest absolute Gasteiger partial charge is 0.478 e. The lowest BCUT2D eigenvalue weighted by Gasteiger charge is -2.22.